The van der Waals surface area contributed by atoms with Crippen molar-refractivity contribution < 1.29 is 41.0 Å². The third kappa shape index (κ3) is 7.53. The van der Waals surface area contributed by atoms with Crippen molar-refractivity contribution in [2.24, 2.45) is 11.8 Å². The van der Waals surface area contributed by atoms with E-state index in [1.54, 1.807) is 0 Å². The standard InChI is InChI=1S/C25H27F6N3O3/c1-14-9-15(2)13-34(12-14)21-8-3-16(19(11-22(35)36)25(29,30)31)10-20(21)33-23(37)32-18-6-4-17(5-7-18)24(26,27)28/h3-8,10,14-15,19H,9,11-13H2,1-2H3,(H,35,36)(H2,32,33,37). The van der Waals surface area contributed by atoms with E-state index in [0.717, 1.165) is 36.8 Å². The molecule has 2 aromatic rings. The molecule has 1 saturated heterocycles. The third-order valence-electron chi connectivity index (χ3n) is 6.12. The second-order valence-corrected chi connectivity index (χ2v) is 9.47. The molecule has 12 heteroatoms. The maximum Gasteiger partial charge on any atom is 0.416 e. The molecule has 0 saturated carbocycles. The van der Waals surface area contributed by atoms with E-state index >= 15 is 0 Å². The van der Waals surface area contributed by atoms with E-state index in [9.17, 15) is 35.9 Å². The van der Waals surface area contributed by atoms with E-state index < -0.39 is 42.3 Å². The van der Waals surface area contributed by atoms with E-state index in [1.165, 1.54) is 12.1 Å². The van der Waals surface area contributed by atoms with Crippen molar-refractivity contribution in [3.05, 3.63) is 53.6 Å². The number of urea groups is 1. The van der Waals surface area contributed by atoms with Gasteiger partial charge in [0.25, 0.3) is 0 Å². The normalized spacial score (nSPS) is 19.3. The van der Waals surface area contributed by atoms with Crippen molar-refractivity contribution in [1.29, 1.82) is 0 Å². The van der Waals surface area contributed by atoms with E-state index in [4.69, 9.17) is 5.11 Å². The molecular formula is C25H27F6N3O3. The number of carbonyl (C=O) groups excluding carboxylic acids is 1. The fraction of sp³-hybridized carbons (Fsp3) is 0.440. The highest BCUT2D eigenvalue weighted by atomic mass is 19.4. The number of piperidine rings is 1. The Balaban J connectivity index is 1.93. The summed E-state index contributed by atoms with van der Waals surface area (Å²) in [5, 5.41) is 13.9. The molecule has 1 aliphatic rings. The minimum atomic E-state index is -4.84. The largest absolute Gasteiger partial charge is 0.481 e. The first kappa shape index (κ1) is 28.1. The second-order valence-electron chi connectivity index (χ2n) is 9.47. The molecule has 0 aromatic heterocycles. The van der Waals surface area contributed by atoms with Crippen LogP contribution >= 0.6 is 0 Å². The number of hydrogen-bond acceptors (Lipinski definition) is 3. The van der Waals surface area contributed by atoms with Gasteiger partial charge in [-0.3, -0.25) is 4.79 Å². The van der Waals surface area contributed by atoms with Crippen LogP contribution in [0.2, 0.25) is 0 Å². The Morgan fingerprint density at radius 3 is 2.08 bits per heavy atom. The Morgan fingerprint density at radius 2 is 1.57 bits per heavy atom. The highest BCUT2D eigenvalue weighted by Gasteiger charge is 2.42. The predicted octanol–water partition coefficient (Wildman–Crippen LogP) is 6.95. The summed E-state index contributed by atoms with van der Waals surface area (Å²) in [6.07, 6.45) is -9.62. The number of carboxylic acid groups (broad SMARTS) is 1. The monoisotopic (exact) mass is 531 g/mol. The average Bonchev–Trinajstić information content (AvgIpc) is 2.75. The number of amides is 2. The lowest BCUT2D eigenvalue weighted by Crippen LogP contribution is -2.39. The van der Waals surface area contributed by atoms with E-state index in [0.29, 0.717) is 18.8 Å². The van der Waals surface area contributed by atoms with Gasteiger partial charge in [-0.1, -0.05) is 19.9 Å². The molecule has 3 atom stereocenters. The smallest absolute Gasteiger partial charge is 0.416 e. The lowest BCUT2D eigenvalue weighted by atomic mass is 9.90. The maximum absolute atomic E-state index is 13.7. The van der Waals surface area contributed by atoms with Crippen molar-refractivity contribution in [3.63, 3.8) is 0 Å². The van der Waals surface area contributed by atoms with Crippen LogP contribution in [0, 0.1) is 11.8 Å². The summed E-state index contributed by atoms with van der Waals surface area (Å²) >= 11 is 0. The molecule has 0 radical (unpaired) electrons. The van der Waals surface area contributed by atoms with Gasteiger partial charge in [-0.15, -0.1) is 0 Å². The van der Waals surface area contributed by atoms with Crippen LogP contribution < -0.4 is 15.5 Å². The van der Waals surface area contributed by atoms with Gasteiger partial charge in [0.2, 0.25) is 0 Å². The molecule has 202 valence electrons. The first-order chi connectivity index (χ1) is 17.1. The van der Waals surface area contributed by atoms with Crippen LogP contribution in [0.5, 0.6) is 0 Å². The summed E-state index contributed by atoms with van der Waals surface area (Å²) in [5.41, 5.74) is -0.703. The summed E-state index contributed by atoms with van der Waals surface area (Å²) < 4.78 is 79.4. The quantitative estimate of drug-likeness (QED) is 0.352. The number of benzene rings is 2. The first-order valence-corrected chi connectivity index (χ1v) is 11.6. The molecule has 6 nitrogen and oxygen atoms in total. The molecule has 0 aliphatic carbocycles. The number of aliphatic carboxylic acids is 1. The molecular weight excluding hydrogens is 504 g/mol. The predicted molar refractivity (Wildman–Crippen MR) is 127 cm³/mol. The molecule has 37 heavy (non-hydrogen) atoms. The maximum atomic E-state index is 13.7. The molecule has 1 aliphatic heterocycles. The zero-order chi connectivity index (χ0) is 27.5. The highest BCUT2D eigenvalue weighted by molar-refractivity contribution is 6.02. The van der Waals surface area contributed by atoms with Gasteiger partial charge in [-0.25, -0.2) is 4.79 Å². The van der Waals surface area contributed by atoms with Crippen LogP contribution in [0.4, 0.5) is 48.2 Å². The van der Waals surface area contributed by atoms with E-state index in [1.807, 2.05) is 18.7 Å². The lowest BCUT2D eigenvalue weighted by molar-refractivity contribution is -0.163. The lowest BCUT2D eigenvalue weighted by Gasteiger charge is -2.37. The van der Waals surface area contributed by atoms with Gasteiger partial charge in [0.15, 0.2) is 0 Å². The average molecular weight is 531 g/mol. The summed E-state index contributed by atoms with van der Waals surface area (Å²) in [6.45, 7) is 5.26. The number of nitrogens with zero attached hydrogens (tertiary/aromatic N) is 1. The number of nitrogens with one attached hydrogen (secondary N) is 2. The van der Waals surface area contributed by atoms with E-state index in [-0.39, 0.29) is 28.8 Å². The minimum absolute atomic E-state index is 0.0304. The van der Waals surface area contributed by atoms with Gasteiger partial charge in [0.1, 0.15) is 0 Å². The zero-order valence-electron chi connectivity index (χ0n) is 20.1. The fourth-order valence-corrected chi connectivity index (χ4v) is 4.63. The molecule has 2 amide bonds. The Morgan fingerprint density at radius 1 is 0.973 bits per heavy atom. The van der Waals surface area contributed by atoms with Gasteiger partial charge in [-0.2, -0.15) is 26.3 Å². The Labute approximate surface area is 209 Å². The number of rotatable bonds is 6. The molecule has 2 aromatic carbocycles. The Bertz CT molecular complexity index is 1110. The Hall–Kier alpha value is -3.44. The second kappa shape index (κ2) is 10.9. The van der Waals surface area contributed by atoms with Gasteiger partial charge >= 0.3 is 24.4 Å². The van der Waals surface area contributed by atoms with Crippen LogP contribution in [0.1, 0.15) is 43.7 Å². The molecule has 3 unspecified atom stereocenters. The number of anilines is 3. The van der Waals surface area contributed by atoms with Crippen LogP contribution in [0.15, 0.2) is 42.5 Å². The summed E-state index contributed by atoms with van der Waals surface area (Å²) in [6, 6.07) is 6.55. The molecule has 3 N–H and O–H groups in total. The minimum Gasteiger partial charge on any atom is -0.481 e. The number of hydrogen-bond donors (Lipinski definition) is 3. The topological polar surface area (TPSA) is 81.7 Å². The van der Waals surface area contributed by atoms with E-state index in [2.05, 4.69) is 10.6 Å². The van der Waals surface area contributed by atoms with Crippen molar-refractivity contribution in [2.75, 3.05) is 28.6 Å². The van der Waals surface area contributed by atoms with Gasteiger partial charge in [0, 0.05) is 18.8 Å². The number of alkyl halides is 6. The van der Waals surface area contributed by atoms with Crippen molar-refractivity contribution in [2.45, 2.75) is 45.0 Å². The molecule has 1 fully saturated rings. The Kier molecular flexibility index (Phi) is 8.28. The van der Waals surface area contributed by atoms with Crippen LogP contribution in [0.25, 0.3) is 0 Å². The first-order valence-electron chi connectivity index (χ1n) is 11.6. The SMILES string of the molecule is CC1CC(C)CN(c2ccc(C(CC(=O)O)C(F)(F)F)cc2NC(=O)Nc2ccc(C(F)(F)F)cc2)C1. The molecule has 0 spiro atoms. The van der Waals surface area contributed by atoms with Gasteiger partial charge in [0.05, 0.1) is 29.3 Å². The number of carbonyl (C=O) groups is 2. The van der Waals surface area contributed by atoms with Crippen molar-refractivity contribution in [3.8, 4) is 0 Å². The number of carboxylic acids is 1. The molecule has 0 bridgehead atoms. The molecule has 3 rings (SSSR count). The van der Waals surface area contributed by atoms with Gasteiger partial charge < -0.3 is 20.6 Å². The number of halogens is 6. The fourth-order valence-electron chi connectivity index (χ4n) is 4.63. The van der Waals surface area contributed by atoms with Gasteiger partial charge in [-0.05, 0) is 60.2 Å². The van der Waals surface area contributed by atoms with Crippen LogP contribution in [-0.4, -0.2) is 36.4 Å². The van der Waals surface area contributed by atoms with Crippen molar-refractivity contribution >= 4 is 29.1 Å². The van der Waals surface area contributed by atoms with Crippen LogP contribution in [-0.2, 0) is 11.0 Å². The summed E-state index contributed by atoms with van der Waals surface area (Å²) in [4.78, 5) is 25.8. The molecule has 1 heterocycles. The summed E-state index contributed by atoms with van der Waals surface area (Å²) in [7, 11) is 0. The highest BCUT2D eigenvalue weighted by Crippen LogP contribution is 2.41. The zero-order valence-corrected chi connectivity index (χ0v) is 20.1. The summed E-state index contributed by atoms with van der Waals surface area (Å²) in [5.74, 6) is -3.35. The van der Waals surface area contributed by atoms with Crippen molar-refractivity contribution in [1.82, 2.24) is 0 Å². The third-order valence-corrected chi connectivity index (χ3v) is 6.12. The van der Waals surface area contributed by atoms with Crippen LogP contribution in [0.3, 0.4) is 0 Å².